The summed E-state index contributed by atoms with van der Waals surface area (Å²) >= 11 is 0. The molecule has 0 aliphatic carbocycles. The number of benzene rings is 1. The molecule has 2 aromatic heterocycles. The largest absolute Gasteiger partial charge is 0.497 e. The van der Waals surface area contributed by atoms with Gasteiger partial charge in [0.1, 0.15) is 29.0 Å². The molecular weight excluding hydrogens is 338 g/mol. The van der Waals surface area contributed by atoms with Crippen molar-refractivity contribution in [3.63, 3.8) is 0 Å². The summed E-state index contributed by atoms with van der Waals surface area (Å²) in [6.45, 7) is 3.50. The van der Waals surface area contributed by atoms with E-state index in [0.29, 0.717) is 34.2 Å². The highest BCUT2D eigenvalue weighted by Gasteiger charge is 2.16. The van der Waals surface area contributed by atoms with E-state index in [1.165, 1.54) is 13.4 Å². The van der Waals surface area contributed by atoms with E-state index in [-0.39, 0.29) is 12.5 Å². The Morgan fingerprint density at radius 2 is 2.00 bits per heavy atom. The van der Waals surface area contributed by atoms with Crippen LogP contribution in [0.4, 0.5) is 5.69 Å². The predicted molar refractivity (Wildman–Crippen MR) is 94.9 cm³/mol. The molecule has 1 aromatic carbocycles. The lowest BCUT2D eigenvalue weighted by atomic mass is 10.2. The summed E-state index contributed by atoms with van der Waals surface area (Å²) in [6, 6.07) is 5.12. The fourth-order valence-corrected chi connectivity index (χ4v) is 2.49. The number of aryl methyl sites for hydroxylation is 2. The molecule has 0 aliphatic rings. The summed E-state index contributed by atoms with van der Waals surface area (Å²) in [6.07, 6.45) is 1.34. The Labute approximate surface area is 150 Å². The highest BCUT2D eigenvalue weighted by molar-refractivity contribution is 5.94. The SMILES string of the molecule is COc1ccc(OC)c(NC(=O)COc2ncnc3oc(C)c(C)c23)c1. The van der Waals surface area contributed by atoms with Crippen LogP contribution < -0.4 is 19.5 Å². The van der Waals surface area contributed by atoms with Gasteiger partial charge in [0, 0.05) is 11.6 Å². The maximum absolute atomic E-state index is 12.3. The quantitative estimate of drug-likeness (QED) is 0.724. The second-order valence-electron chi connectivity index (χ2n) is 5.55. The molecule has 0 saturated heterocycles. The molecule has 0 fully saturated rings. The Kier molecular flexibility index (Phi) is 4.92. The van der Waals surface area contributed by atoms with Gasteiger partial charge in [-0.25, -0.2) is 9.97 Å². The van der Waals surface area contributed by atoms with Gasteiger partial charge in [0.15, 0.2) is 6.61 Å². The molecule has 8 nitrogen and oxygen atoms in total. The highest BCUT2D eigenvalue weighted by Crippen LogP contribution is 2.30. The molecule has 0 radical (unpaired) electrons. The molecule has 0 unspecified atom stereocenters. The van der Waals surface area contributed by atoms with Gasteiger partial charge < -0.3 is 23.9 Å². The number of furan rings is 1. The Balaban J connectivity index is 1.74. The van der Waals surface area contributed by atoms with Crippen molar-refractivity contribution in [3.8, 4) is 17.4 Å². The van der Waals surface area contributed by atoms with Gasteiger partial charge in [-0.05, 0) is 26.0 Å². The van der Waals surface area contributed by atoms with E-state index in [2.05, 4.69) is 15.3 Å². The third-order valence-electron chi connectivity index (χ3n) is 3.95. The van der Waals surface area contributed by atoms with Crippen molar-refractivity contribution in [1.29, 1.82) is 0 Å². The summed E-state index contributed by atoms with van der Waals surface area (Å²) in [5.74, 6) is 1.79. The number of hydrogen-bond acceptors (Lipinski definition) is 7. The van der Waals surface area contributed by atoms with Gasteiger partial charge in [0.2, 0.25) is 11.6 Å². The standard InChI is InChI=1S/C18H19N3O5/c1-10-11(2)26-18-16(10)17(19-9-20-18)25-8-15(22)21-13-7-12(23-3)5-6-14(13)24-4/h5-7,9H,8H2,1-4H3,(H,21,22). The molecule has 3 rings (SSSR count). The van der Waals surface area contributed by atoms with Crippen LogP contribution in [-0.4, -0.2) is 36.7 Å². The number of carbonyl (C=O) groups is 1. The van der Waals surface area contributed by atoms with E-state index < -0.39 is 0 Å². The van der Waals surface area contributed by atoms with Crippen LogP contribution in [0, 0.1) is 13.8 Å². The lowest BCUT2D eigenvalue weighted by Crippen LogP contribution is -2.21. The van der Waals surface area contributed by atoms with Crippen LogP contribution in [0.5, 0.6) is 17.4 Å². The molecule has 136 valence electrons. The fourth-order valence-electron chi connectivity index (χ4n) is 2.49. The zero-order valence-electron chi connectivity index (χ0n) is 15.0. The van der Waals surface area contributed by atoms with Crippen molar-refractivity contribution in [1.82, 2.24) is 9.97 Å². The van der Waals surface area contributed by atoms with Crippen LogP contribution in [0.15, 0.2) is 28.9 Å². The third kappa shape index (κ3) is 3.39. The van der Waals surface area contributed by atoms with Gasteiger partial charge in [0.05, 0.1) is 19.9 Å². The number of methoxy groups -OCH3 is 2. The van der Waals surface area contributed by atoms with E-state index in [4.69, 9.17) is 18.6 Å². The van der Waals surface area contributed by atoms with E-state index in [9.17, 15) is 4.79 Å². The summed E-state index contributed by atoms with van der Waals surface area (Å²) in [5.41, 5.74) is 1.80. The molecule has 1 amide bonds. The first-order valence-electron chi connectivity index (χ1n) is 7.89. The summed E-state index contributed by atoms with van der Waals surface area (Å²) in [5, 5.41) is 3.40. The summed E-state index contributed by atoms with van der Waals surface area (Å²) in [7, 11) is 3.07. The number of rotatable bonds is 6. The third-order valence-corrected chi connectivity index (χ3v) is 3.95. The predicted octanol–water partition coefficient (Wildman–Crippen LogP) is 2.87. The topological polar surface area (TPSA) is 95.7 Å². The molecule has 26 heavy (non-hydrogen) atoms. The fraction of sp³-hybridized carbons (Fsp3) is 0.278. The number of aromatic nitrogens is 2. The monoisotopic (exact) mass is 357 g/mol. The first-order chi connectivity index (χ1) is 12.5. The van der Waals surface area contributed by atoms with Crippen molar-refractivity contribution in [3.05, 3.63) is 35.9 Å². The first-order valence-corrected chi connectivity index (χ1v) is 7.89. The molecule has 3 aromatic rings. The van der Waals surface area contributed by atoms with Gasteiger partial charge in [-0.3, -0.25) is 4.79 Å². The Bertz CT molecular complexity index is 951. The molecule has 0 bridgehead atoms. The smallest absolute Gasteiger partial charge is 0.262 e. The molecule has 0 atom stereocenters. The lowest BCUT2D eigenvalue weighted by molar-refractivity contribution is -0.118. The number of anilines is 1. The number of hydrogen-bond donors (Lipinski definition) is 1. The number of carbonyl (C=O) groups excluding carboxylic acids is 1. The second kappa shape index (κ2) is 7.30. The Morgan fingerprint density at radius 3 is 2.73 bits per heavy atom. The van der Waals surface area contributed by atoms with Gasteiger partial charge >= 0.3 is 0 Å². The number of fused-ring (bicyclic) bond motifs is 1. The Hall–Kier alpha value is -3.29. The van der Waals surface area contributed by atoms with E-state index >= 15 is 0 Å². The van der Waals surface area contributed by atoms with Crippen molar-refractivity contribution in [2.45, 2.75) is 13.8 Å². The van der Waals surface area contributed by atoms with E-state index in [0.717, 1.165) is 11.3 Å². The average Bonchev–Trinajstić information content (AvgIpc) is 2.94. The van der Waals surface area contributed by atoms with Crippen molar-refractivity contribution in [2.75, 3.05) is 26.1 Å². The van der Waals surface area contributed by atoms with Gasteiger partial charge in [-0.15, -0.1) is 0 Å². The first kappa shape index (κ1) is 17.5. The maximum Gasteiger partial charge on any atom is 0.262 e. The van der Waals surface area contributed by atoms with Crippen molar-refractivity contribution < 1.29 is 23.4 Å². The molecule has 0 spiro atoms. The zero-order valence-corrected chi connectivity index (χ0v) is 15.0. The van der Waals surface area contributed by atoms with Crippen LogP contribution in [0.3, 0.4) is 0 Å². The molecular formula is C18H19N3O5. The van der Waals surface area contributed by atoms with Crippen LogP contribution >= 0.6 is 0 Å². The average molecular weight is 357 g/mol. The van der Waals surface area contributed by atoms with Crippen LogP contribution in [0.1, 0.15) is 11.3 Å². The minimum Gasteiger partial charge on any atom is -0.497 e. The minimum atomic E-state index is -0.360. The summed E-state index contributed by atoms with van der Waals surface area (Å²) < 4.78 is 21.5. The Morgan fingerprint density at radius 1 is 1.19 bits per heavy atom. The molecule has 2 heterocycles. The van der Waals surface area contributed by atoms with Crippen LogP contribution in [-0.2, 0) is 4.79 Å². The highest BCUT2D eigenvalue weighted by atomic mass is 16.5. The lowest BCUT2D eigenvalue weighted by Gasteiger charge is -2.12. The summed E-state index contributed by atoms with van der Waals surface area (Å²) in [4.78, 5) is 20.5. The number of ether oxygens (including phenoxy) is 3. The maximum atomic E-state index is 12.3. The number of nitrogens with zero attached hydrogens (tertiary/aromatic N) is 2. The zero-order chi connectivity index (χ0) is 18.7. The van der Waals surface area contributed by atoms with Crippen LogP contribution in [0.2, 0.25) is 0 Å². The second-order valence-corrected chi connectivity index (χ2v) is 5.55. The molecule has 0 aliphatic heterocycles. The van der Waals surface area contributed by atoms with Gasteiger partial charge in [-0.2, -0.15) is 0 Å². The molecule has 0 saturated carbocycles. The normalized spacial score (nSPS) is 10.6. The van der Waals surface area contributed by atoms with E-state index in [1.54, 1.807) is 25.3 Å². The van der Waals surface area contributed by atoms with Crippen LogP contribution in [0.25, 0.3) is 11.1 Å². The van der Waals surface area contributed by atoms with Crippen molar-refractivity contribution >= 4 is 22.7 Å². The minimum absolute atomic E-state index is 0.226. The number of nitrogens with one attached hydrogen (secondary N) is 1. The van der Waals surface area contributed by atoms with Gasteiger partial charge in [0.25, 0.3) is 5.91 Å². The number of amides is 1. The van der Waals surface area contributed by atoms with Crippen molar-refractivity contribution in [2.24, 2.45) is 0 Å². The molecule has 1 N–H and O–H groups in total. The van der Waals surface area contributed by atoms with Gasteiger partial charge in [-0.1, -0.05) is 0 Å². The van der Waals surface area contributed by atoms with E-state index in [1.807, 2.05) is 13.8 Å². The molecule has 8 heteroatoms.